The SMILES string of the molecule is CCCS(=O)(=O)Nc1ccc(S(=O)(=O)NCc2cn[nH]c2C)cc1F. The van der Waals surface area contributed by atoms with Gasteiger partial charge in [-0.3, -0.25) is 9.82 Å². The first-order valence-corrected chi connectivity index (χ1v) is 10.6. The third-order valence-corrected chi connectivity index (χ3v) is 6.25. The fourth-order valence-corrected chi connectivity index (χ4v) is 4.20. The van der Waals surface area contributed by atoms with Crippen molar-refractivity contribution < 1.29 is 21.2 Å². The van der Waals surface area contributed by atoms with E-state index in [1.165, 1.54) is 6.20 Å². The number of rotatable bonds is 8. The molecule has 0 aliphatic rings. The van der Waals surface area contributed by atoms with Crippen molar-refractivity contribution in [1.29, 1.82) is 0 Å². The third kappa shape index (κ3) is 5.00. The van der Waals surface area contributed by atoms with Crippen LogP contribution in [0.2, 0.25) is 0 Å². The molecule has 0 saturated carbocycles. The minimum absolute atomic E-state index is 0.00281. The van der Waals surface area contributed by atoms with Crippen LogP contribution >= 0.6 is 0 Å². The lowest BCUT2D eigenvalue weighted by atomic mass is 10.3. The highest BCUT2D eigenvalue weighted by Gasteiger charge is 2.18. The van der Waals surface area contributed by atoms with E-state index >= 15 is 0 Å². The van der Waals surface area contributed by atoms with Gasteiger partial charge in [-0.1, -0.05) is 6.92 Å². The van der Waals surface area contributed by atoms with Gasteiger partial charge in [0.05, 0.1) is 22.5 Å². The van der Waals surface area contributed by atoms with Crippen LogP contribution in [0.4, 0.5) is 10.1 Å². The van der Waals surface area contributed by atoms with Crippen LogP contribution in [0, 0.1) is 12.7 Å². The quantitative estimate of drug-likeness (QED) is 0.630. The second kappa shape index (κ2) is 7.50. The zero-order chi connectivity index (χ0) is 18.7. The van der Waals surface area contributed by atoms with E-state index < -0.39 is 25.9 Å². The largest absolute Gasteiger partial charge is 0.283 e. The van der Waals surface area contributed by atoms with E-state index in [0.29, 0.717) is 12.0 Å². The van der Waals surface area contributed by atoms with Crippen molar-refractivity contribution in [2.24, 2.45) is 0 Å². The monoisotopic (exact) mass is 390 g/mol. The van der Waals surface area contributed by atoms with Crippen LogP contribution in [0.5, 0.6) is 0 Å². The van der Waals surface area contributed by atoms with Crippen molar-refractivity contribution in [2.45, 2.75) is 31.7 Å². The molecule has 0 bridgehead atoms. The summed E-state index contributed by atoms with van der Waals surface area (Å²) in [7, 11) is -7.62. The number of aryl methyl sites for hydroxylation is 1. The zero-order valence-corrected chi connectivity index (χ0v) is 15.3. The Morgan fingerprint density at radius 2 is 1.96 bits per heavy atom. The second-order valence-corrected chi connectivity index (χ2v) is 9.02. The van der Waals surface area contributed by atoms with Gasteiger partial charge in [0.25, 0.3) is 0 Å². The summed E-state index contributed by atoms with van der Waals surface area (Å²) in [6, 6.07) is 2.99. The lowest BCUT2D eigenvalue weighted by Gasteiger charge is -2.10. The number of hydrogen-bond donors (Lipinski definition) is 3. The highest BCUT2D eigenvalue weighted by atomic mass is 32.2. The predicted octanol–water partition coefficient (Wildman–Crippen LogP) is 1.49. The predicted molar refractivity (Wildman–Crippen MR) is 91.5 cm³/mol. The van der Waals surface area contributed by atoms with Gasteiger partial charge in [0, 0.05) is 17.8 Å². The number of halogens is 1. The molecule has 2 rings (SSSR count). The average molecular weight is 390 g/mol. The lowest BCUT2D eigenvalue weighted by Crippen LogP contribution is -2.24. The van der Waals surface area contributed by atoms with Crippen molar-refractivity contribution in [2.75, 3.05) is 10.5 Å². The van der Waals surface area contributed by atoms with Crippen molar-refractivity contribution >= 4 is 25.7 Å². The summed E-state index contributed by atoms with van der Waals surface area (Å²) in [4.78, 5) is -0.301. The molecule has 0 spiro atoms. The molecule has 0 radical (unpaired) electrons. The molecule has 1 aromatic heterocycles. The van der Waals surface area contributed by atoms with E-state index in [2.05, 4.69) is 19.6 Å². The number of benzene rings is 1. The number of sulfonamides is 2. The molecule has 3 N–H and O–H groups in total. The van der Waals surface area contributed by atoms with Gasteiger partial charge in [0.15, 0.2) is 0 Å². The fraction of sp³-hybridized carbons (Fsp3) is 0.357. The van der Waals surface area contributed by atoms with Crippen LogP contribution in [-0.4, -0.2) is 32.8 Å². The minimum Gasteiger partial charge on any atom is -0.283 e. The molecule has 1 heterocycles. The summed E-state index contributed by atoms with van der Waals surface area (Å²) in [6.45, 7) is 3.42. The molecule has 11 heteroatoms. The summed E-state index contributed by atoms with van der Waals surface area (Å²) in [5.74, 6) is -1.12. The van der Waals surface area contributed by atoms with Gasteiger partial charge in [-0.2, -0.15) is 5.10 Å². The Bertz CT molecular complexity index is 955. The molecule has 8 nitrogen and oxygen atoms in total. The van der Waals surface area contributed by atoms with Crippen molar-refractivity contribution in [1.82, 2.24) is 14.9 Å². The van der Waals surface area contributed by atoms with Crippen molar-refractivity contribution in [3.63, 3.8) is 0 Å². The molecule has 0 fully saturated rings. The standard InChI is InChI=1S/C14H19FN4O4S2/c1-3-6-24(20,21)19-14-5-4-12(7-13(14)15)25(22,23)17-9-11-8-16-18-10(11)2/h4-5,7-8,17,19H,3,6,9H2,1-2H3,(H,16,18). The van der Waals surface area contributed by atoms with E-state index in [-0.39, 0.29) is 22.9 Å². The van der Waals surface area contributed by atoms with Gasteiger partial charge in [0.1, 0.15) is 5.82 Å². The van der Waals surface area contributed by atoms with Crippen molar-refractivity contribution in [3.8, 4) is 0 Å². The molecule has 1 aromatic carbocycles. The third-order valence-electron chi connectivity index (χ3n) is 3.38. The van der Waals surface area contributed by atoms with Crippen molar-refractivity contribution in [3.05, 3.63) is 41.5 Å². The van der Waals surface area contributed by atoms with E-state index in [0.717, 1.165) is 23.9 Å². The summed E-state index contributed by atoms with van der Waals surface area (Å²) >= 11 is 0. The number of nitrogens with one attached hydrogen (secondary N) is 3. The Morgan fingerprint density at radius 1 is 1.24 bits per heavy atom. The van der Waals surface area contributed by atoms with Crippen LogP contribution in [0.15, 0.2) is 29.3 Å². The maximum absolute atomic E-state index is 14.1. The molecule has 0 aliphatic carbocycles. The maximum Gasteiger partial charge on any atom is 0.240 e. The van der Waals surface area contributed by atoms with Crippen LogP contribution < -0.4 is 9.44 Å². The highest BCUT2D eigenvalue weighted by molar-refractivity contribution is 7.92. The molecular weight excluding hydrogens is 371 g/mol. The molecule has 0 unspecified atom stereocenters. The topological polar surface area (TPSA) is 121 Å². The molecule has 0 saturated heterocycles. The molecule has 25 heavy (non-hydrogen) atoms. The molecule has 0 aliphatic heterocycles. The minimum atomic E-state index is -3.96. The Balaban J connectivity index is 2.17. The molecule has 138 valence electrons. The highest BCUT2D eigenvalue weighted by Crippen LogP contribution is 2.20. The summed E-state index contributed by atoms with van der Waals surface area (Å²) in [5, 5.41) is 6.47. The lowest BCUT2D eigenvalue weighted by molar-refractivity contribution is 0.577. The molecule has 0 atom stereocenters. The smallest absolute Gasteiger partial charge is 0.240 e. The summed E-state index contributed by atoms with van der Waals surface area (Å²) in [5.41, 5.74) is 1.08. The number of anilines is 1. The van der Waals surface area contributed by atoms with E-state index in [4.69, 9.17) is 0 Å². The summed E-state index contributed by atoms with van der Waals surface area (Å²) in [6.07, 6.45) is 1.87. The first-order valence-electron chi connectivity index (χ1n) is 7.43. The maximum atomic E-state index is 14.1. The fourth-order valence-electron chi connectivity index (χ4n) is 2.04. The first kappa shape index (κ1) is 19.3. The van der Waals surface area contributed by atoms with Crippen LogP contribution in [0.3, 0.4) is 0 Å². The zero-order valence-electron chi connectivity index (χ0n) is 13.7. The number of hydrogen-bond acceptors (Lipinski definition) is 5. The molecule has 2 aromatic rings. The molecule has 0 amide bonds. The normalized spacial score (nSPS) is 12.3. The average Bonchev–Trinajstić information content (AvgIpc) is 2.92. The van der Waals surface area contributed by atoms with Gasteiger partial charge in [0.2, 0.25) is 20.0 Å². The number of aromatic amines is 1. The second-order valence-electron chi connectivity index (χ2n) is 5.41. The van der Waals surface area contributed by atoms with Gasteiger partial charge < -0.3 is 0 Å². The van der Waals surface area contributed by atoms with Gasteiger partial charge in [-0.25, -0.2) is 25.9 Å². The molecular formula is C14H19FN4O4S2. The first-order chi connectivity index (χ1) is 11.6. The van der Waals surface area contributed by atoms with Gasteiger partial charge in [-0.15, -0.1) is 0 Å². The Labute approximate surface area is 145 Å². The van der Waals surface area contributed by atoms with E-state index in [1.54, 1.807) is 13.8 Å². The number of H-pyrrole nitrogens is 1. The van der Waals surface area contributed by atoms with Crippen LogP contribution in [0.25, 0.3) is 0 Å². The van der Waals surface area contributed by atoms with Gasteiger partial charge in [-0.05, 0) is 31.5 Å². The Hall–Kier alpha value is -1.98. The summed E-state index contributed by atoms with van der Waals surface area (Å²) < 4.78 is 66.4. The van der Waals surface area contributed by atoms with E-state index in [9.17, 15) is 21.2 Å². The Morgan fingerprint density at radius 3 is 2.52 bits per heavy atom. The van der Waals surface area contributed by atoms with Gasteiger partial charge >= 0.3 is 0 Å². The van der Waals surface area contributed by atoms with E-state index in [1.807, 2.05) is 0 Å². The Kier molecular flexibility index (Phi) is 5.80. The van der Waals surface area contributed by atoms with Crippen LogP contribution in [-0.2, 0) is 26.6 Å². The van der Waals surface area contributed by atoms with Crippen LogP contribution in [0.1, 0.15) is 24.6 Å². The number of aromatic nitrogens is 2. The number of nitrogens with zero attached hydrogens (tertiary/aromatic N) is 1.